The van der Waals surface area contributed by atoms with E-state index in [-0.39, 0.29) is 28.6 Å². The standard InChI is InChI=1S/C19H12F6N2O2/c1-10-15(29-14-4-2-3-13(9-14)19(23,24)25)17(28)27-16(26-10)11-5-7-12(8-6-11)18(20,21)22/h2-9H,1H3,(H,26,27,28). The maximum absolute atomic E-state index is 12.8. The van der Waals surface area contributed by atoms with Gasteiger partial charge < -0.3 is 9.72 Å². The molecule has 0 spiro atoms. The highest BCUT2D eigenvalue weighted by atomic mass is 19.4. The summed E-state index contributed by atoms with van der Waals surface area (Å²) in [6, 6.07) is 7.96. The van der Waals surface area contributed by atoms with E-state index in [4.69, 9.17) is 4.74 Å². The number of benzene rings is 2. The Labute approximate surface area is 159 Å². The summed E-state index contributed by atoms with van der Waals surface area (Å²) < 4.78 is 81.6. The minimum absolute atomic E-state index is 0.00221. The number of alkyl halides is 6. The fraction of sp³-hybridized carbons (Fsp3) is 0.158. The number of nitrogens with zero attached hydrogens (tertiary/aromatic N) is 1. The van der Waals surface area contributed by atoms with Gasteiger partial charge in [0, 0.05) is 5.56 Å². The number of hydrogen-bond acceptors (Lipinski definition) is 3. The normalized spacial score (nSPS) is 12.1. The monoisotopic (exact) mass is 414 g/mol. The lowest BCUT2D eigenvalue weighted by molar-refractivity contribution is -0.138. The summed E-state index contributed by atoms with van der Waals surface area (Å²) >= 11 is 0. The molecule has 0 fully saturated rings. The largest absolute Gasteiger partial charge is 0.450 e. The summed E-state index contributed by atoms with van der Waals surface area (Å²) in [5.74, 6) is -0.532. The van der Waals surface area contributed by atoms with Crippen LogP contribution in [0.3, 0.4) is 0 Å². The third-order valence-corrected chi connectivity index (χ3v) is 3.91. The minimum Gasteiger partial charge on any atom is -0.450 e. The summed E-state index contributed by atoms with van der Waals surface area (Å²) in [5.41, 5.74) is -2.31. The van der Waals surface area contributed by atoms with E-state index < -0.39 is 29.0 Å². The van der Waals surface area contributed by atoms with Crippen molar-refractivity contribution < 1.29 is 31.1 Å². The van der Waals surface area contributed by atoms with Crippen molar-refractivity contribution in [1.29, 1.82) is 0 Å². The molecule has 0 aliphatic carbocycles. The second kappa shape index (κ2) is 7.26. The van der Waals surface area contributed by atoms with Gasteiger partial charge in [0.2, 0.25) is 5.75 Å². The average molecular weight is 414 g/mol. The molecule has 2 aromatic carbocycles. The highest BCUT2D eigenvalue weighted by Crippen LogP contribution is 2.33. The predicted molar refractivity (Wildman–Crippen MR) is 91.6 cm³/mol. The molecule has 152 valence electrons. The third kappa shape index (κ3) is 4.58. The van der Waals surface area contributed by atoms with Crippen LogP contribution in [0.1, 0.15) is 16.8 Å². The summed E-state index contributed by atoms with van der Waals surface area (Å²) in [5, 5.41) is 0. The molecule has 0 atom stereocenters. The van der Waals surface area contributed by atoms with E-state index >= 15 is 0 Å². The molecule has 0 radical (unpaired) electrons. The van der Waals surface area contributed by atoms with Gasteiger partial charge in [-0.15, -0.1) is 0 Å². The molecule has 0 saturated heterocycles. The Kier molecular flexibility index (Phi) is 5.12. The first-order chi connectivity index (χ1) is 13.4. The van der Waals surface area contributed by atoms with Gasteiger partial charge in [-0.05, 0) is 37.3 Å². The van der Waals surface area contributed by atoms with Crippen molar-refractivity contribution in [1.82, 2.24) is 9.97 Å². The minimum atomic E-state index is -4.58. The number of ether oxygens (including phenoxy) is 1. The Morgan fingerprint density at radius 2 is 1.52 bits per heavy atom. The molecule has 0 bridgehead atoms. The first kappa shape index (κ1) is 20.4. The van der Waals surface area contributed by atoms with Gasteiger partial charge in [-0.25, -0.2) is 4.98 Å². The molecule has 1 aromatic heterocycles. The van der Waals surface area contributed by atoms with Gasteiger partial charge in [-0.2, -0.15) is 26.3 Å². The summed E-state index contributed by atoms with van der Waals surface area (Å²) in [7, 11) is 0. The molecular weight excluding hydrogens is 402 g/mol. The van der Waals surface area contributed by atoms with Gasteiger partial charge in [0.05, 0.1) is 16.8 Å². The van der Waals surface area contributed by atoms with Crippen LogP contribution in [0.25, 0.3) is 11.4 Å². The van der Waals surface area contributed by atoms with Crippen LogP contribution < -0.4 is 10.3 Å². The second-order valence-corrected chi connectivity index (χ2v) is 6.03. The van der Waals surface area contributed by atoms with Gasteiger partial charge >= 0.3 is 12.4 Å². The quantitative estimate of drug-likeness (QED) is 0.570. The van der Waals surface area contributed by atoms with Gasteiger partial charge in [0.15, 0.2) is 0 Å². The van der Waals surface area contributed by atoms with Crippen molar-refractivity contribution in [2.45, 2.75) is 19.3 Å². The summed E-state index contributed by atoms with van der Waals surface area (Å²) in [6.07, 6.45) is -9.08. The van der Waals surface area contributed by atoms with Gasteiger partial charge in [0.1, 0.15) is 11.6 Å². The van der Waals surface area contributed by atoms with Crippen LogP contribution in [0.15, 0.2) is 53.3 Å². The number of rotatable bonds is 3. The molecule has 0 aliphatic rings. The predicted octanol–water partition coefficient (Wildman–Crippen LogP) is 5.58. The fourth-order valence-electron chi connectivity index (χ4n) is 2.50. The van der Waals surface area contributed by atoms with E-state index in [2.05, 4.69) is 9.97 Å². The lowest BCUT2D eigenvalue weighted by Gasteiger charge is -2.12. The van der Waals surface area contributed by atoms with Crippen LogP contribution in [0.2, 0.25) is 0 Å². The maximum atomic E-state index is 12.8. The average Bonchev–Trinajstić information content (AvgIpc) is 2.63. The number of nitrogens with one attached hydrogen (secondary N) is 1. The zero-order valence-electron chi connectivity index (χ0n) is 14.7. The second-order valence-electron chi connectivity index (χ2n) is 6.03. The molecule has 3 aromatic rings. The van der Waals surface area contributed by atoms with Crippen LogP contribution in [0.4, 0.5) is 26.3 Å². The highest BCUT2D eigenvalue weighted by Gasteiger charge is 2.31. The number of aromatic amines is 1. The third-order valence-electron chi connectivity index (χ3n) is 3.91. The summed E-state index contributed by atoms with van der Waals surface area (Å²) in [4.78, 5) is 18.8. The van der Waals surface area contributed by atoms with Gasteiger partial charge in [-0.1, -0.05) is 18.2 Å². The zero-order chi connectivity index (χ0) is 21.4. The van der Waals surface area contributed by atoms with Crippen LogP contribution in [0, 0.1) is 6.92 Å². The van der Waals surface area contributed by atoms with E-state index in [9.17, 15) is 31.1 Å². The van der Waals surface area contributed by atoms with Crippen molar-refractivity contribution in [2.24, 2.45) is 0 Å². The molecule has 4 nitrogen and oxygen atoms in total. The van der Waals surface area contributed by atoms with Gasteiger partial charge in [-0.3, -0.25) is 4.79 Å². The first-order valence-corrected chi connectivity index (χ1v) is 8.09. The fourth-order valence-corrected chi connectivity index (χ4v) is 2.50. The van der Waals surface area contributed by atoms with E-state index in [0.717, 1.165) is 42.5 Å². The van der Waals surface area contributed by atoms with E-state index in [1.54, 1.807) is 0 Å². The Morgan fingerprint density at radius 1 is 0.897 bits per heavy atom. The molecule has 0 aliphatic heterocycles. The van der Waals surface area contributed by atoms with Crippen LogP contribution in [0.5, 0.6) is 11.5 Å². The molecule has 0 amide bonds. The number of H-pyrrole nitrogens is 1. The lowest BCUT2D eigenvalue weighted by atomic mass is 10.1. The van der Waals surface area contributed by atoms with Crippen molar-refractivity contribution in [3.05, 3.63) is 75.7 Å². The Morgan fingerprint density at radius 3 is 2.07 bits per heavy atom. The zero-order valence-corrected chi connectivity index (χ0v) is 14.7. The topological polar surface area (TPSA) is 55.0 Å². The number of halogens is 6. The molecule has 0 saturated carbocycles. The molecule has 29 heavy (non-hydrogen) atoms. The highest BCUT2D eigenvalue weighted by molar-refractivity contribution is 5.56. The Balaban J connectivity index is 1.92. The molecule has 10 heteroatoms. The number of aryl methyl sites for hydroxylation is 1. The van der Waals surface area contributed by atoms with Gasteiger partial charge in [0.25, 0.3) is 5.56 Å². The Bertz CT molecular complexity index is 1090. The van der Waals surface area contributed by atoms with E-state index in [1.165, 1.54) is 13.0 Å². The maximum Gasteiger partial charge on any atom is 0.416 e. The van der Waals surface area contributed by atoms with E-state index in [1.807, 2.05) is 0 Å². The molecule has 1 N–H and O–H groups in total. The molecular formula is C19H12F6N2O2. The number of aromatic nitrogens is 2. The smallest absolute Gasteiger partial charge is 0.416 e. The molecule has 0 unspecified atom stereocenters. The molecule has 1 heterocycles. The van der Waals surface area contributed by atoms with Crippen molar-refractivity contribution in [2.75, 3.05) is 0 Å². The van der Waals surface area contributed by atoms with Crippen molar-refractivity contribution in [3.63, 3.8) is 0 Å². The van der Waals surface area contributed by atoms with Crippen molar-refractivity contribution in [3.8, 4) is 22.9 Å². The first-order valence-electron chi connectivity index (χ1n) is 8.09. The van der Waals surface area contributed by atoms with Crippen LogP contribution >= 0.6 is 0 Å². The summed E-state index contributed by atoms with van der Waals surface area (Å²) in [6.45, 7) is 1.39. The Hall–Kier alpha value is -3.30. The van der Waals surface area contributed by atoms with Crippen LogP contribution in [-0.2, 0) is 12.4 Å². The van der Waals surface area contributed by atoms with Crippen LogP contribution in [-0.4, -0.2) is 9.97 Å². The number of hydrogen-bond donors (Lipinski definition) is 1. The molecule has 3 rings (SSSR count). The van der Waals surface area contributed by atoms with E-state index in [0.29, 0.717) is 0 Å². The lowest BCUT2D eigenvalue weighted by Crippen LogP contribution is -2.14. The SMILES string of the molecule is Cc1nc(-c2ccc(C(F)(F)F)cc2)[nH]c(=O)c1Oc1cccc(C(F)(F)F)c1. The van der Waals surface area contributed by atoms with Crippen molar-refractivity contribution >= 4 is 0 Å².